The number of carbonyl (C=O) groups excluding carboxylic acids is 2. The first kappa shape index (κ1) is 18.7. The van der Waals surface area contributed by atoms with Crippen LogP contribution in [0.5, 0.6) is 0 Å². The number of hydrogen-bond acceptors (Lipinski definition) is 4. The second-order valence-corrected chi connectivity index (χ2v) is 4.78. The molecule has 0 aliphatic rings. The van der Waals surface area contributed by atoms with Gasteiger partial charge in [0.1, 0.15) is 0 Å². The lowest BCUT2D eigenvalue weighted by Gasteiger charge is -2.08. The van der Waals surface area contributed by atoms with Crippen LogP contribution >= 0.6 is 12.4 Å². The number of amides is 2. The fourth-order valence-electron chi connectivity index (χ4n) is 1.93. The van der Waals surface area contributed by atoms with E-state index in [1.807, 2.05) is 41.2 Å². The van der Waals surface area contributed by atoms with Crippen molar-refractivity contribution in [3.63, 3.8) is 0 Å². The van der Waals surface area contributed by atoms with Gasteiger partial charge in [-0.1, -0.05) is 24.3 Å². The zero-order chi connectivity index (χ0) is 15.8. The first-order valence-electron chi connectivity index (χ1n) is 6.96. The number of nitrogens with two attached hydrogens (primary N) is 1. The topological polar surface area (TPSA) is 102 Å². The Hall–Kier alpha value is -2.38. The molecule has 23 heavy (non-hydrogen) atoms. The number of rotatable bonds is 7. The van der Waals surface area contributed by atoms with Crippen LogP contribution in [0.1, 0.15) is 11.1 Å². The number of hydrogen-bond donors (Lipinski definition) is 3. The molecule has 1 heterocycles. The van der Waals surface area contributed by atoms with E-state index in [2.05, 4.69) is 15.7 Å². The summed E-state index contributed by atoms with van der Waals surface area (Å²) in [4.78, 5) is 22.6. The molecule has 0 unspecified atom stereocenters. The summed E-state index contributed by atoms with van der Waals surface area (Å²) in [5, 5.41) is 9.33. The molecule has 2 rings (SSSR count). The molecule has 0 spiro atoms. The fraction of sp³-hybridized carbons (Fsp3) is 0.267. The Kier molecular flexibility index (Phi) is 7.79. The molecule has 0 aliphatic heterocycles. The summed E-state index contributed by atoms with van der Waals surface area (Å²) in [5.74, 6) is -0.601. The summed E-state index contributed by atoms with van der Waals surface area (Å²) < 4.78 is 1.83. The Bertz CT molecular complexity index is 631. The highest BCUT2D eigenvalue weighted by molar-refractivity contribution is 5.85. The van der Waals surface area contributed by atoms with Crippen LogP contribution in [-0.4, -0.2) is 34.7 Å². The zero-order valence-corrected chi connectivity index (χ0v) is 13.4. The van der Waals surface area contributed by atoms with E-state index in [1.54, 1.807) is 6.20 Å². The molecule has 0 saturated carbocycles. The predicted molar refractivity (Wildman–Crippen MR) is 88.9 cm³/mol. The highest BCUT2D eigenvalue weighted by atomic mass is 35.5. The Labute approximate surface area is 140 Å². The van der Waals surface area contributed by atoms with Crippen LogP contribution < -0.4 is 16.4 Å². The minimum absolute atomic E-state index is 0. The summed E-state index contributed by atoms with van der Waals surface area (Å²) in [7, 11) is 0. The molecule has 4 N–H and O–H groups in total. The Morgan fingerprint density at radius 1 is 1.13 bits per heavy atom. The van der Waals surface area contributed by atoms with E-state index in [1.165, 1.54) is 0 Å². The summed E-state index contributed by atoms with van der Waals surface area (Å²) in [6.07, 6.45) is 3.63. The van der Waals surface area contributed by atoms with Crippen molar-refractivity contribution >= 4 is 24.2 Å². The van der Waals surface area contributed by atoms with Crippen LogP contribution in [0.4, 0.5) is 0 Å². The quantitative estimate of drug-likeness (QED) is 0.664. The van der Waals surface area contributed by atoms with Gasteiger partial charge in [-0.3, -0.25) is 14.3 Å². The van der Waals surface area contributed by atoms with Crippen molar-refractivity contribution in [3.8, 4) is 0 Å². The maximum Gasteiger partial charge on any atom is 0.239 e. The van der Waals surface area contributed by atoms with Gasteiger partial charge >= 0.3 is 0 Å². The average molecular weight is 338 g/mol. The highest BCUT2D eigenvalue weighted by Crippen LogP contribution is 2.06. The molecule has 1 aromatic heterocycles. The van der Waals surface area contributed by atoms with E-state index in [0.717, 1.165) is 11.1 Å². The molecule has 0 saturated heterocycles. The largest absolute Gasteiger partial charge is 0.350 e. The zero-order valence-electron chi connectivity index (χ0n) is 12.6. The van der Waals surface area contributed by atoms with Crippen molar-refractivity contribution in [2.45, 2.75) is 13.1 Å². The van der Waals surface area contributed by atoms with Gasteiger partial charge in [0.05, 0.1) is 19.6 Å². The van der Waals surface area contributed by atoms with Crippen LogP contribution in [0.2, 0.25) is 0 Å². The standard InChI is InChI=1S/C15H19N5O2.ClH/c16-8-14(21)18-10-15(22)17-9-12-3-1-4-13(7-12)11-20-6-2-5-19-20;/h1-7H,8-11,16H2,(H,17,22)(H,18,21);1H. The first-order chi connectivity index (χ1) is 10.7. The van der Waals surface area contributed by atoms with Gasteiger partial charge in [0.15, 0.2) is 0 Å². The lowest BCUT2D eigenvalue weighted by Crippen LogP contribution is -2.39. The van der Waals surface area contributed by atoms with E-state index >= 15 is 0 Å². The summed E-state index contributed by atoms with van der Waals surface area (Å²) in [6.45, 7) is 0.900. The molecule has 124 valence electrons. The van der Waals surface area contributed by atoms with Gasteiger partial charge in [-0.2, -0.15) is 5.10 Å². The Morgan fingerprint density at radius 2 is 1.91 bits per heavy atom. The van der Waals surface area contributed by atoms with Gasteiger partial charge in [-0.15, -0.1) is 12.4 Å². The third-order valence-electron chi connectivity index (χ3n) is 3.02. The van der Waals surface area contributed by atoms with E-state index < -0.39 is 0 Å². The third-order valence-corrected chi connectivity index (χ3v) is 3.02. The van der Waals surface area contributed by atoms with Crippen molar-refractivity contribution in [1.82, 2.24) is 20.4 Å². The number of benzene rings is 1. The number of carbonyl (C=O) groups is 2. The Morgan fingerprint density at radius 3 is 2.61 bits per heavy atom. The molecule has 0 fully saturated rings. The van der Waals surface area contributed by atoms with Gasteiger partial charge in [0.2, 0.25) is 11.8 Å². The molecule has 0 radical (unpaired) electrons. The lowest BCUT2D eigenvalue weighted by atomic mass is 10.1. The van der Waals surface area contributed by atoms with Gasteiger partial charge in [0, 0.05) is 18.9 Å². The number of halogens is 1. The predicted octanol–water partition coefficient (Wildman–Crippen LogP) is 0.0443. The summed E-state index contributed by atoms with van der Waals surface area (Å²) in [5.41, 5.74) is 7.24. The summed E-state index contributed by atoms with van der Waals surface area (Å²) in [6, 6.07) is 9.77. The second kappa shape index (κ2) is 9.60. The van der Waals surface area contributed by atoms with Crippen LogP contribution in [-0.2, 0) is 22.7 Å². The molecule has 0 atom stereocenters. The SMILES string of the molecule is Cl.NCC(=O)NCC(=O)NCc1cccc(Cn2cccn2)c1. The number of nitrogens with one attached hydrogen (secondary N) is 2. The second-order valence-electron chi connectivity index (χ2n) is 4.78. The van der Waals surface area contributed by atoms with Gasteiger partial charge in [-0.25, -0.2) is 0 Å². The third kappa shape index (κ3) is 6.50. The van der Waals surface area contributed by atoms with Crippen molar-refractivity contribution < 1.29 is 9.59 Å². The molecular formula is C15H20ClN5O2. The molecule has 1 aromatic carbocycles. The summed E-state index contributed by atoms with van der Waals surface area (Å²) >= 11 is 0. The molecule has 2 amide bonds. The minimum atomic E-state index is -0.351. The molecule has 2 aromatic rings. The lowest BCUT2D eigenvalue weighted by molar-refractivity contribution is -0.125. The van der Waals surface area contributed by atoms with Crippen LogP contribution in [0.3, 0.4) is 0 Å². The van der Waals surface area contributed by atoms with Crippen LogP contribution in [0, 0.1) is 0 Å². The highest BCUT2D eigenvalue weighted by Gasteiger charge is 2.04. The Balaban J connectivity index is 0.00000264. The molecular weight excluding hydrogens is 318 g/mol. The van der Waals surface area contributed by atoms with Crippen molar-refractivity contribution in [2.75, 3.05) is 13.1 Å². The van der Waals surface area contributed by atoms with Crippen LogP contribution in [0.25, 0.3) is 0 Å². The number of nitrogens with zero attached hydrogens (tertiary/aromatic N) is 2. The van der Waals surface area contributed by atoms with Gasteiger partial charge < -0.3 is 16.4 Å². The monoisotopic (exact) mass is 337 g/mol. The van der Waals surface area contributed by atoms with E-state index in [9.17, 15) is 9.59 Å². The first-order valence-corrected chi connectivity index (χ1v) is 6.96. The van der Waals surface area contributed by atoms with E-state index in [0.29, 0.717) is 13.1 Å². The molecule has 0 bridgehead atoms. The van der Waals surface area contributed by atoms with Crippen molar-refractivity contribution in [3.05, 3.63) is 53.9 Å². The molecule has 0 aliphatic carbocycles. The van der Waals surface area contributed by atoms with Crippen molar-refractivity contribution in [1.29, 1.82) is 0 Å². The molecule has 8 heteroatoms. The fourth-order valence-corrected chi connectivity index (χ4v) is 1.93. The smallest absolute Gasteiger partial charge is 0.239 e. The average Bonchev–Trinajstić information content (AvgIpc) is 3.04. The maximum atomic E-state index is 11.6. The van der Waals surface area contributed by atoms with Crippen molar-refractivity contribution in [2.24, 2.45) is 5.73 Å². The minimum Gasteiger partial charge on any atom is -0.350 e. The van der Waals surface area contributed by atoms with E-state index in [-0.39, 0.29) is 37.3 Å². The van der Waals surface area contributed by atoms with E-state index in [4.69, 9.17) is 5.73 Å². The van der Waals surface area contributed by atoms with Crippen LogP contribution in [0.15, 0.2) is 42.7 Å². The molecule has 7 nitrogen and oxygen atoms in total. The normalized spacial score (nSPS) is 9.78. The number of aromatic nitrogens is 2. The van der Waals surface area contributed by atoms with Gasteiger partial charge in [-0.05, 0) is 17.2 Å². The van der Waals surface area contributed by atoms with Gasteiger partial charge in [0.25, 0.3) is 0 Å². The maximum absolute atomic E-state index is 11.6.